The molecule has 0 radical (unpaired) electrons. The Morgan fingerprint density at radius 1 is 1.30 bits per heavy atom. The van der Waals surface area contributed by atoms with Crippen molar-refractivity contribution in [3.05, 3.63) is 35.9 Å². The van der Waals surface area contributed by atoms with Crippen molar-refractivity contribution in [3.63, 3.8) is 0 Å². The Morgan fingerprint density at radius 2 is 1.90 bits per heavy atom. The number of hydrogen-bond donors (Lipinski definition) is 1. The van der Waals surface area contributed by atoms with Crippen LogP contribution in [0.4, 0.5) is 4.39 Å². The van der Waals surface area contributed by atoms with E-state index >= 15 is 0 Å². The van der Waals surface area contributed by atoms with Crippen LogP contribution in [0.15, 0.2) is 30.3 Å². The van der Waals surface area contributed by atoms with Crippen molar-refractivity contribution >= 4 is 18.2 Å². The molecule has 20 heavy (non-hydrogen) atoms. The number of hydrogen-bond acceptors (Lipinski definition) is 3. The number of benzene rings is 1. The zero-order valence-corrected chi connectivity index (χ0v) is 12.2. The van der Waals surface area contributed by atoms with Crippen LogP contribution in [0.1, 0.15) is 36.0 Å². The SMILES string of the molecule is Cl.O=C(CCC(F)N1CCC(O)CC1)c1ccccc1. The quantitative estimate of drug-likeness (QED) is 0.671. The molecule has 1 aliphatic heterocycles. The summed E-state index contributed by atoms with van der Waals surface area (Å²) in [5.74, 6) is -0.0136. The lowest BCUT2D eigenvalue weighted by Gasteiger charge is -2.31. The molecule has 1 fully saturated rings. The van der Waals surface area contributed by atoms with Crippen LogP contribution in [0.3, 0.4) is 0 Å². The van der Waals surface area contributed by atoms with E-state index in [0.29, 0.717) is 31.5 Å². The molecule has 0 amide bonds. The summed E-state index contributed by atoms with van der Waals surface area (Å²) in [5.41, 5.74) is 0.642. The predicted octanol–water partition coefficient (Wildman–Crippen LogP) is 2.82. The van der Waals surface area contributed by atoms with Crippen LogP contribution in [-0.2, 0) is 0 Å². The first-order chi connectivity index (χ1) is 9.16. The van der Waals surface area contributed by atoms with Gasteiger partial charge in [0.05, 0.1) is 6.10 Å². The summed E-state index contributed by atoms with van der Waals surface area (Å²) >= 11 is 0. The summed E-state index contributed by atoms with van der Waals surface area (Å²) in [5, 5.41) is 9.37. The monoisotopic (exact) mass is 301 g/mol. The van der Waals surface area contributed by atoms with Crippen molar-refractivity contribution in [2.45, 2.75) is 38.1 Å². The van der Waals surface area contributed by atoms with Gasteiger partial charge in [-0.1, -0.05) is 30.3 Å². The summed E-state index contributed by atoms with van der Waals surface area (Å²) in [6, 6.07) is 8.99. The smallest absolute Gasteiger partial charge is 0.163 e. The number of aliphatic hydroxyl groups is 1. The third-order valence-electron chi connectivity index (χ3n) is 3.60. The molecule has 1 aromatic rings. The van der Waals surface area contributed by atoms with Crippen molar-refractivity contribution in [2.75, 3.05) is 13.1 Å². The number of carbonyl (C=O) groups excluding carboxylic acids is 1. The van der Waals surface area contributed by atoms with Crippen molar-refractivity contribution in [2.24, 2.45) is 0 Å². The molecule has 5 heteroatoms. The summed E-state index contributed by atoms with van der Waals surface area (Å²) < 4.78 is 14.0. The Hall–Kier alpha value is -0.970. The molecule has 0 aromatic heterocycles. The summed E-state index contributed by atoms with van der Waals surface area (Å²) in [4.78, 5) is 13.6. The Bertz CT molecular complexity index is 408. The predicted molar refractivity (Wildman–Crippen MR) is 79.0 cm³/mol. The Morgan fingerprint density at radius 3 is 2.50 bits per heavy atom. The normalized spacial score (nSPS) is 18.3. The van der Waals surface area contributed by atoms with E-state index in [1.54, 1.807) is 17.0 Å². The van der Waals surface area contributed by atoms with Crippen LogP contribution < -0.4 is 0 Å². The van der Waals surface area contributed by atoms with Gasteiger partial charge in [-0.05, 0) is 19.3 Å². The van der Waals surface area contributed by atoms with E-state index in [0.717, 1.165) is 0 Å². The molecule has 3 nitrogen and oxygen atoms in total. The van der Waals surface area contributed by atoms with E-state index in [4.69, 9.17) is 0 Å². The third kappa shape index (κ3) is 4.85. The molecule has 1 aromatic carbocycles. The number of piperidine rings is 1. The van der Waals surface area contributed by atoms with Gasteiger partial charge in [-0.2, -0.15) is 0 Å². The van der Waals surface area contributed by atoms with Gasteiger partial charge in [0.15, 0.2) is 12.1 Å². The van der Waals surface area contributed by atoms with Crippen LogP contribution in [0.5, 0.6) is 0 Å². The first-order valence-corrected chi connectivity index (χ1v) is 6.81. The van der Waals surface area contributed by atoms with Crippen LogP contribution in [0.2, 0.25) is 0 Å². The minimum atomic E-state index is -1.08. The van der Waals surface area contributed by atoms with E-state index in [9.17, 15) is 14.3 Å². The molecule has 2 rings (SSSR count). The lowest BCUT2D eigenvalue weighted by atomic mass is 10.0. The fourth-order valence-electron chi connectivity index (χ4n) is 2.37. The maximum atomic E-state index is 14.0. The molecule has 1 N–H and O–H groups in total. The lowest BCUT2D eigenvalue weighted by molar-refractivity contribution is 0.0113. The standard InChI is InChI=1S/C15H20FNO2.ClH/c16-15(17-10-8-13(18)9-11-17)7-6-14(19)12-4-2-1-3-5-12;/h1-5,13,15,18H,6-11H2;1H. The van der Waals surface area contributed by atoms with Crippen LogP contribution in [0, 0.1) is 0 Å². The minimum absolute atomic E-state index is 0. The fraction of sp³-hybridized carbons (Fsp3) is 0.533. The molecule has 1 atom stereocenters. The fourth-order valence-corrected chi connectivity index (χ4v) is 2.37. The van der Waals surface area contributed by atoms with Gasteiger partial charge in [-0.15, -0.1) is 12.4 Å². The summed E-state index contributed by atoms with van der Waals surface area (Å²) in [7, 11) is 0. The largest absolute Gasteiger partial charge is 0.393 e. The van der Waals surface area contributed by atoms with Crippen LogP contribution in [0.25, 0.3) is 0 Å². The van der Waals surface area contributed by atoms with Gasteiger partial charge in [-0.25, -0.2) is 4.39 Å². The highest BCUT2D eigenvalue weighted by atomic mass is 35.5. The number of rotatable bonds is 5. The Labute approximate surface area is 125 Å². The number of likely N-dealkylation sites (tertiary alicyclic amines) is 1. The second-order valence-electron chi connectivity index (χ2n) is 5.03. The molecule has 0 bridgehead atoms. The highest BCUT2D eigenvalue weighted by Crippen LogP contribution is 2.18. The van der Waals surface area contributed by atoms with Crippen molar-refractivity contribution in [3.8, 4) is 0 Å². The van der Waals surface area contributed by atoms with Gasteiger partial charge in [0.2, 0.25) is 0 Å². The number of alkyl halides is 1. The van der Waals surface area contributed by atoms with E-state index in [2.05, 4.69) is 0 Å². The molecular weight excluding hydrogens is 281 g/mol. The zero-order valence-electron chi connectivity index (χ0n) is 11.4. The van der Waals surface area contributed by atoms with E-state index in [1.165, 1.54) is 0 Å². The van der Waals surface area contributed by atoms with Gasteiger partial charge >= 0.3 is 0 Å². The van der Waals surface area contributed by atoms with E-state index < -0.39 is 6.30 Å². The van der Waals surface area contributed by atoms with Gasteiger partial charge < -0.3 is 5.11 Å². The molecular formula is C15H21ClFNO2. The number of halogens is 2. The zero-order chi connectivity index (χ0) is 13.7. The molecule has 112 valence electrons. The van der Waals surface area contributed by atoms with Crippen molar-refractivity contribution < 1.29 is 14.3 Å². The van der Waals surface area contributed by atoms with E-state index in [1.807, 2.05) is 18.2 Å². The van der Waals surface area contributed by atoms with Gasteiger partial charge in [-0.3, -0.25) is 9.69 Å². The maximum absolute atomic E-state index is 14.0. The van der Waals surface area contributed by atoms with Gasteiger partial charge in [0, 0.05) is 25.1 Å². The summed E-state index contributed by atoms with van der Waals surface area (Å²) in [6.45, 7) is 1.14. The van der Waals surface area contributed by atoms with Crippen LogP contribution in [-0.4, -0.2) is 41.3 Å². The average molecular weight is 302 g/mol. The molecule has 0 saturated carbocycles. The number of aliphatic hydroxyl groups excluding tert-OH is 1. The second-order valence-corrected chi connectivity index (χ2v) is 5.03. The van der Waals surface area contributed by atoms with Crippen molar-refractivity contribution in [1.29, 1.82) is 0 Å². The number of carbonyl (C=O) groups is 1. The topological polar surface area (TPSA) is 40.5 Å². The second kappa shape index (κ2) is 8.35. The molecule has 0 spiro atoms. The lowest BCUT2D eigenvalue weighted by Crippen LogP contribution is -2.41. The molecule has 0 aliphatic carbocycles. The van der Waals surface area contributed by atoms with Crippen molar-refractivity contribution in [1.82, 2.24) is 4.90 Å². The highest BCUT2D eigenvalue weighted by molar-refractivity contribution is 5.95. The average Bonchev–Trinajstić information content (AvgIpc) is 2.46. The number of nitrogens with zero attached hydrogens (tertiary/aromatic N) is 1. The van der Waals surface area contributed by atoms with Gasteiger partial charge in [0.1, 0.15) is 0 Å². The number of ketones is 1. The molecule has 1 saturated heterocycles. The van der Waals surface area contributed by atoms with Crippen LogP contribution >= 0.6 is 12.4 Å². The molecule has 1 heterocycles. The molecule has 1 aliphatic rings. The summed E-state index contributed by atoms with van der Waals surface area (Å²) in [6.07, 6.45) is 0.309. The third-order valence-corrected chi connectivity index (χ3v) is 3.60. The highest BCUT2D eigenvalue weighted by Gasteiger charge is 2.24. The first kappa shape index (κ1) is 17.1. The maximum Gasteiger partial charge on any atom is 0.163 e. The number of Topliss-reactive ketones (excluding diaryl/α,β-unsaturated/α-hetero) is 1. The Kier molecular flexibility index (Phi) is 7.13. The van der Waals surface area contributed by atoms with Gasteiger partial charge in [0.25, 0.3) is 0 Å². The molecule has 1 unspecified atom stereocenters. The van der Waals surface area contributed by atoms with E-state index in [-0.39, 0.29) is 37.1 Å². The Balaban J connectivity index is 0.00000200. The minimum Gasteiger partial charge on any atom is -0.393 e. The first-order valence-electron chi connectivity index (χ1n) is 6.81.